The molecule has 0 spiro atoms. The first-order valence-electron chi connectivity index (χ1n) is 7.02. The van der Waals surface area contributed by atoms with Gasteiger partial charge in [-0.2, -0.15) is 0 Å². The van der Waals surface area contributed by atoms with Gasteiger partial charge in [0.25, 0.3) is 0 Å². The predicted molar refractivity (Wildman–Crippen MR) is 73.3 cm³/mol. The van der Waals surface area contributed by atoms with Crippen molar-refractivity contribution in [3.05, 3.63) is 35.4 Å². The highest BCUT2D eigenvalue weighted by Crippen LogP contribution is 2.26. The fraction of sp³-hybridized carbons (Fsp3) is 0.533. The van der Waals surface area contributed by atoms with E-state index < -0.39 is 5.97 Å². The number of carboxylic acid groups (broad SMARTS) is 1. The third-order valence-corrected chi connectivity index (χ3v) is 4.36. The number of aryl methyl sites for hydroxylation is 1. The van der Waals surface area contributed by atoms with Gasteiger partial charge in [0.2, 0.25) is 0 Å². The summed E-state index contributed by atoms with van der Waals surface area (Å²) >= 11 is 0. The van der Waals surface area contributed by atoms with Gasteiger partial charge in [0, 0.05) is 25.7 Å². The molecule has 4 nitrogen and oxygen atoms in total. The van der Waals surface area contributed by atoms with Crippen LogP contribution in [-0.2, 0) is 17.6 Å². The maximum atomic E-state index is 11.4. The Kier molecular flexibility index (Phi) is 3.53. The van der Waals surface area contributed by atoms with Crippen molar-refractivity contribution in [2.75, 3.05) is 19.6 Å². The normalized spacial score (nSPS) is 27.8. The van der Waals surface area contributed by atoms with Gasteiger partial charge < -0.3 is 10.4 Å². The predicted octanol–water partition coefficient (Wildman–Crippen LogP) is 0.902. The number of nitrogens with zero attached hydrogens (tertiary/aromatic N) is 1. The van der Waals surface area contributed by atoms with Crippen LogP contribution in [0, 0.1) is 0 Å². The summed E-state index contributed by atoms with van der Waals surface area (Å²) in [5.74, 6) is -0.703. The zero-order valence-electron chi connectivity index (χ0n) is 11.0. The number of aliphatic carboxylic acids is 1. The number of rotatable bonds is 2. The number of fused-ring (bicyclic) bond motifs is 1. The Bertz CT molecular complexity index is 475. The standard InChI is InChI=1S/C15H20N2O2/c18-15(19)14-10-16-7-8-17(14)13-6-5-11-3-1-2-4-12(11)9-13/h1-4,13-14,16H,5-10H2,(H,18,19). The lowest BCUT2D eigenvalue weighted by atomic mass is 9.86. The second kappa shape index (κ2) is 5.31. The molecule has 19 heavy (non-hydrogen) atoms. The minimum absolute atomic E-state index is 0.371. The Morgan fingerprint density at radius 1 is 1.32 bits per heavy atom. The summed E-state index contributed by atoms with van der Waals surface area (Å²) in [4.78, 5) is 13.6. The Hall–Kier alpha value is -1.39. The summed E-state index contributed by atoms with van der Waals surface area (Å²) in [5.41, 5.74) is 2.82. The van der Waals surface area contributed by atoms with Crippen LogP contribution in [0.5, 0.6) is 0 Å². The molecular formula is C15H20N2O2. The molecule has 0 aromatic heterocycles. The number of carbonyl (C=O) groups is 1. The monoisotopic (exact) mass is 260 g/mol. The topological polar surface area (TPSA) is 52.6 Å². The second-order valence-electron chi connectivity index (χ2n) is 5.46. The van der Waals surface area contributed by atoms with Gasteiger partial charge in [-0.1, -0.05) is 24.3 Å². The molecule has 1 fully saturated rings. The second-order valence-corrected chi connectivity index (χ2v) is 5.46. The van der Waals surface area contributed by atoms with E-state index in [1.807, 2.05) is 0 Å². The highest BCUT2D eigenvalue weighted by atomic mass is 16.4. The Balaban J connectivity index is 1.78. The average molecular weight is 260 g/mol. The van der Waals surface area contributed by atoms with Gasteiger partial charge in [0.1, 0.15) is 6.04 Å². The van der Waals surface area contributed by atoms with Gasteiger partial charge in [-0.25, -0.2) is 0 Å². The van der Waals surface area contributed by atoms with Crippen LogP contribution in [0.3, 0.4) is 0 Å². The van der Waals surface area contributed by atoms with Crippen molar-refractivity contribution in [3.63, 3.8) is 0 Å². The van der Waals surface area contributed by atoms with E-state index in [0.29, 0.717) is 12.6 Å². The van der Waals surface area contributed by atoms with Crippen LogP contribution in [0.4, 0.5) is 0 Å². The molecule has 1 aliphatic heterocycles. The zero-order valence-corrected chi connectivity index (χ0v) is 11.0. The maximum Gasteiger partial charge on any atom is 0.322 e. The Morgan fingerprint density at radius 2 is 2.11 bits per heavy atom. The van der Waals surface area contributed by atoms with Crippen LogP contribution in [0.25, 0.3) is 0 Å². The van der Waals surface area contributed by atoms with Gasteiger partial charge in [-0.15, -0.1) is 0 Å². The molecule has 0 saturated carbocycles. The summed E-state index contributed by atoms with van der Waals surface area (Å²) in [6, 6.07) is 8.54. The third kappa shape index (κ3) is 2.51. The third-order valence-electron chi connectivity index (χ3n) is 4.36. The molecule has 4 heteroatoms. The molecule has 1 aromatic carbocycles. The summed E-state index contributed by atoms with van der Waals surface area (Å²) in [5, 5.41) is 12.5. The number of carboxylic acids is 1. The van der Waals surface area contributed by atoms with E-state index in [2.05, 4.69) is 34.5 Å². The maximum absolute atomic E-state index is 11.4. The lowest BCUT2D eigenvalue weighted by Gasteiger charge is -2.41. The van der Waals surface area contributed by atoms with E-state index in [-0.39, 0.29) is 6.04 Å². The molecule has 1 aromatic rings. The smallest absolute Gasteiger partial charge is 0.322 e. The highest BCUT2D eigenvalue weighted by Gasteiger charge is 2.34. The molecule has 2 atom stereocenters. The van der Waals surface area contributed by atoms with E-state index in [1.165, 1.54) is 11.1 Å². The zero-order chi connectivity index (χ0) is 13.2. The summed E-state index contributed by atoms with van der Waals surface area (Å²) in [6.07, 6.45) is 3.12. The minimum atomic E-state index is -0.703. The lowest BCUT2D eigenvalue weighted by Crippen LogP contribution is -2.59. The van der Waals surface area contributed by atoms with Gasteiger partial charge >= 0.3 is 5.97 Å². The molecule has 0 bridgehead atoms. The minimum Gasteiger partial charge on any atom is -0.480 e. The molecule has 2 N–H and O–H groups in total. The Labute approximate surface area is 113 Å². The van der Waals surface area contributed by atoms with Crippen molar-refractivity contribution < 1.29 is 9.90 Å². The van der Waals surface area contributed by atoms with Crippen molar-refractivity contribution in [2.24, 2.45) is 0 Å². The van der Waals surface area contributed by atoms with Crippen molar-refractivity contribution in [1.82, 2.24) is 10.2 Å². The fourth-order valence-corrected chi connectivity index (χ4v) is 3.35. The first-order chi connectivity index (χ1) is 9.25. The lowest BCUT2D eigenvalue weighted by molar-refractivity contribution is -0.145. The van der Waals surface area contributed by atoms with Gasteiger partial charge in [-0.3, -0.25) is 9.69 Å². The highest BCUT2D eigenvalue weighted by molar-refractivity contribution is 5.74. The van der Waals surface area contributed by atoms with E-state index in [1.54, 1.807) is 0 Å². The average Bonchev–Trinajstić information content (AvgIpc) is 2.46. The molecule has 1 heterocycles. The van der Waals surface area contributed by atoms with Gasteiger partial charge in [-0.05, 0) is 30.4 Å². The number of hydrogen-bond donors (Lipinski definition) is 2. The van der Waals surface area contributed by atoms with Gasteiger partial charge in [0.05, 0.1) is 0 Å². The van der Waals surface area contributed by atoms with E-state index in [4.69, 9.17) is 0 Å². The molecule has 1 saturated heterocycles. The summed E-state index contributed by atoms with van der Waals surface area (Å²) < 4.78 is 0. The molecule has 0 radical (unpaired) electrons. The number of piperazine rings is 1. The molecule has 3 rings (SSSR count). The first-order valence-corrected chi connectivity index (χ1v) is 7.02. The first kappa shape index (κ1) is 12.6. The van der Waals surface area contributed by atoms with E-state index in [0.717, 1.165) is 32.4 Å². The summed E-state index contributed by atoms with van der Waals surface area (Å²) in [7, 11) is 0. The number of hydrogen-bond acceptors (Lipinski definition) is 3. The molecule has 2 unspecified atom stereocenters. The molecule has 2 aliphatic rings. The van der Waals surface area contributed by atoms with Crippen LogP contribution >= 0.6 is 0 Å². The van der Waals surface area contributed by atoms with Crippen LogP contribution in [0.1, 0.15) is 17.5 Å². The van der Waals surface area contributed by atoms with Gasteiger partial charge in [0.15, 0.2) is 0 Å². The van der Waals surface area contributed by atoms with Crippen LogP contribution < -0.4 is 5.32 Å². The van der Waals surface area contributed by atoms with E-state index in [9.17, 15) is 9.90 Å². The quantitative estimate of drug-likeness (QED) is 0.829. The Morgan fingerprint density at radius 3 is 2.89 bits per heavy atom. The van der Waals surface area contributed by atoms with Crippen LogP contribution in [-0.4, -0.2) is 47.7 Å². The van der Waals surface area contributed by atoms with Crippen molar-refractivity contribution in [1.29, 1.82) is 0 Å². The SMILES string of the molecule is O=C(O)C1CNCCN1C1CCc2ccccc2C1. The van der Waals surface area contributed by atoms with Crippen LogP contribution in [0.15, 0.2) is 24.3 Å². The van der Waals surface area contributed by atoms with Crippen molar-refractivity contribution in [2.45, 2.75) is 31.3 Å². The van der Waals surface area contributed by atoms with Crippen LogP contribution in [0.2, 0.25) is 0 Å². The molecule has 1 aliphatic carbocycles. The fourth-order valence-electron chi connectivity index (χ4n) is 3.35. The number of benzene rings is 1. The molecular weight excluding hydrogens is 240 g/mol. The molecule has 0 amide bonds. The summed E-state index contributed by atoms with van der Waals surface area (Å²) in [6.45, 7) is 2.29. The molecule has 102 valence electrons. The number of nitrogens with one attached hydrogen (secondary N) is 1. The van der Waals surface area contributed by atoms with Crippen molar-refractivity contribution in [3.8, 4) is 0 Å². The van der Waals surface area contributed by atoms with Crippen molar-refractivity contribution >= 4 is 5.97 Å². The largest absolute Gasteiger partial charge is 0.480 e. The van der Waals surface area contributed by atoms with E-state index >= 15 is 0 Å².